The van der Waals surface area contributed by atoms with E-state index in [-0.39, 0.29) is 5.91 Å². The van der Waals surface area contributed by atoms with Gasteiger partial charge in [0.25, 0.3) is 0 Å². The Morgan fingerprint density at radius 1 is 0.971 bits per heavy atom. The number of carbonyl (C=O) groups is 1. The lowest BCUT2D eigenvalue weighted by molar-refractivity contribution is -0.133. The van der Waals surface area contributed by atoms with Crippen molar-refractivity contribution >= 4 is 16.8 Å². The molecule has 1 aliphatic heterocycles. The van der Waals surface area contributed by atoms with E-state index in [2.05, 4.69) is 70.3 Å². The number of benzene rings is 2. The molecule has 1 aliphatic rings. The Morgan fingerprint density at radius 3 is 2.53 bits per heavy atom. The summed E-state index contributed by atoms with van der Waals surface area (Å²) >= 11 is 0. The monoisotopic (exact) mass is 452 g/mol. The van der Waals surface area contributed by atoms with Crippen LogP contribution in [0.2, 0.25) is 0 Å². The molecule has 0 spiro atoms. The minimum atomic E-state index is 0.273. The second-order valence-electron chi connectivity index (χ2n) is 9.24. The summed E-state index contributed by atoms with van der Waals surface area (Å²) in [6.07, 6.45) is 4.11. The van der Waals surface area contributed by atoms with Crippen LogP contribution in [0.25, 0.3) is 22.3 Å². The normalized spacial score (nSPS) is 14.6. The largest absolute Gasteiger partial charge is 0.353 e. The van der Waals surface area contributed by atoms with E-state index in [0.29, 0.717) is 6.42 Å². The van der Waals surface area contributed by atoms with Gasteiger partial charge in [-0.1, -0.05) is 48.0 Å². The quantitative estimate of drug-likeness (QED) is 0.419. The van der Waals surface area contributed by atoms with Crippen LogP contribution in [0.15, 0.2) is 72.9 Å². The fourth-order valence-corrected chi connectivity index (χ4v) is 4.92. The van der Waals surface area contributed by atoms with Crippen LogP contribution in [-0.4, -0.2) is 51.9 Å². The molecule has 0 aliphatic carbocycles. The van der Waals surface area contributed by atoms with Crippen LogP contribution in [0, 0.1) is 6.92 Å². The second kappa shape index (κ2) is 10.2. The van der Waals surface area contributed by atoms with E-state index >= 15 is 0 Å². The molecule has 0 bridgehead atoms. The molecule has 5 heteroatoms. The van der Waals surface area contributed by atoms with E-state index in [1.165, 1.54) is 22.1 Å². The van der Waals surface area contributed by atoms with Crippen molar-refractivity contribution in [2.45, 2.75) is 32.7 Å². The molecular weight excluding hydrogens is 420 g/mol. The number of nitrogens with one attached hydrogen (secondary N) is 1. The zero-order chi connectivity index (χ0) is 23.3. The SMILES string of the molecule is Cc1ccc2[nH]c(-c3ccccn3)c(CCCC(=O)N3CCN(Cc4ccccc4)CC3)c2c1. The summed E-state index contributed by atoms with van der Waals surface area (Å²) in [5, 5.41) is 1.24. The van der Waals surface area contributed by atoms with Gasteiger partial charge in [0.2, 0.25) is 5.91 Å². The average molecular weight is 453 g/mol. The first-order chi connectivity index (χ1) is 16.7. The van der Waals surface area contributed by atoms with Gasteiger partial charge in [-0.2, -0.15) is 0 Å². The Labute approximate surface area is 201 Å². The Balaban J connectivity index is 1.20. The number of hydrogen-bond donors (Lipinski definition) is 1. The predicted molar refractivity (Wildman–Crippen MR) is 138 cm³/mol. The van der Waals surface area contributed by atoms with Gasteiger partial charge < -0.3 is 9.88 Å². The van der Waals surface area contributed by atoms with Gasteiger partial charge in [0, 0.05) is 56.2 Å². The second-order valence-corrected chi connectivity index (χ2v) is 9.24. The van der Waals surface area contributed by atoms with Crippen LogP contribution >= 0.6 is 0 Å². The number of amides is 1. The molecule has 5 rings (SSSR count). The van der Waals surface area contributed by atoms with Crippen molar-refractivity contribution in [3.05, 3.63) is 89.6 Å². The molecule has 1 amide bonds. The Bertz CT molecular complexity index is 1240. The summed E-state index contributed by atoms with van der Waals surface area (Å²) in [6.45, 7) is 6.59. The Morgan fingerprint density at radius 2 is 1.76 bits per heavy atom. The number of aryl methyl sites for hydroxylation is 2. The summed E-state index contributed by atoms with van der Waals surface area (Å²) in [5.41, 5.74) is 6.99. The summed E-state index contributed by atoms with van der Waals surface area (Å²) in [7, 11) is 0. The molecule has 0 radical (unpaired) electrons. The van der Waals surface area contributed by atoms with Crippen LogP contribution in [0.4, 0.5) is 0 Å². The maximum Gasteiger partial charge on any atom is 0.222 e. The molecule has 174 valence electrons. The number of aromatic nitrogens is 2. The number of H-pyrrole nitrogens is 1. The number of pyridine rings is 1. The fourth-order valence-electron chi connectivity index (χ4n) is 4.92. The smallest absolute Gasteiger partial charge is 0.222 e. The minimum absolute atomic E-state index is 0.273. The molecule has 3 heterocycles. The standard InChI is InChI=1S/C29H32N4O/c1-22-13-14-26-25(20-22)24(29(31-26)27-11-5-6-15-30-27)10-7-12-28(34)33-18-16-32(17-19-33)21-23-8-3-2-4-9-23/h2-6,8-9,11,13-15,20,31H,7,10,12,16-19,21H2,1H3. The van der Waals surface area contributed by atoms with Crippen molar-refractivity contribution in [3.8, 4) is 11.4 Å². The zero-order valence-electron chi connectivity index (χ0n) is 19.8. The number of aromatic amines is 1. The summed E-state index contributed by atoms with van der Waals surface area (Å²) < 4.78 is 0. The molecular formula is C29H32N4O. The third-order valence-corrected chi connectivity index (χ3v) is 6.77. The first kappa shape index (κ1) is 22.4. The first-order valence-electron chi connectivity index (χ1n) is 12.2. The highest BCUT2D eigenvalue weighted by Gasteiger charge is 2.21. The highest BCUT2D eigenvalue weighted by molar-refractivity contribution is 5.90. The fraction of sp³-hybridized carbons (Fsp3) is 0.310. The minimum Gasteiger partial charge on any atom is -0.353 e. The number of hydrogen-bond acceptors (Lipinski definition) is 3. The molecule has 1 fully saturated rings. The van der Waals surface area contributed by atoms with Gasteiger partial charge in [-0.05, 0) is 55.2 Å². The summed E-state index contributed by atoms with van der Waals surface area (Å²) in [4.78, 5) is 25.6. The molecule has 34 heavy (non-hydrogen) atoms. The topological polar surface area (TPSA) is 52.2 Å². The summed E-state index contributed by atoms with van der Waals surface area (Å²) in [6, 6.07) is 23.1. The number of rotatable bonds is 7. The molecule has 0 unspecified atom stereocenters. The van der Waals surface area contributed by atoms with Gasteiger partial charge in [-0.3, -0.25) is 14.7 Å². The lowest BCUT2D eigenvalue weighted by Crippen LogP contribution is -2.48. The van der Waals surface area contributed by atoms with Crippen LogP contribution in [0.1, 0.15) is 29.5 Å². The first-order valence-corrected chi connectivity index (χ1v) is 12.2. The predicted octanol–water partition coefficient (Wildman–Crippen LogP) is 5.21. The number of carbonyl (C=O) groups excluding carboxylic acids is 1. The van der Waals surface area contributed by atoms with Gasteiger partial charge in [0.05, 0.1) is 11.4 Å². The molecule has 0 saturated carbocycles. The molecule has 1 saturated heterocycles. The lowest BCUT2D eigenvalue weighted by Gasteiger charge is -2.34. The van der Waals surface area contributed by atoms with E-state index in [9.17, 15) is 4.79 Å². The summed E-state index contributed by atoms with van der Waals surface area (Å²) in [5.74, 6) is 0.273. The van der Waals surface area contributed by atoms with Gasteiger partial charge in [-0.25, -0.2) is 0 Å². The Hall–Kier alpha value is -3.44. The van der Waals surface area contributed by atoms with E-state index in [1.807, 2.05) is 29.3 Å². The molecule has 0 atom stereocenters. The van der Waals surface area contributed by atoms with Crippen molar-refractivity contribution in [1.29, 1.82) is 0 Å². The number of fused-ring (bicyclic) bond motifs is 1. The van der Waals surface area contributed by atoms with Crippen LogP contribution in [0.3, 0.4) is 0 Å². The zero-order valence-corrected chi connectivity index (χ0v) is 19.8. The maximum absolute atomic E-state index is 13.0. The molecule has 2 aromatic heterocycles. The van der Waals surface area contributed by atoms with Crippen molar-refractivity contribution in [3.63, 3.8) is 0 Å². The van der Waals surface area contributed by atoms with Crippen LogP contribution < -0.4 is 0 Å². The van der Waals surface area contributed by atoms with E-state index in [0.717, 1.165) is 62.5 Å². The van der Waals surface area contributed by atoms with Crippen molar-refractivity contribution < 1.29 is 4.79 Å². The maximum atomic E-state index is 13.0. The molecule has 1 N–H and O–H groups in total. The van der Waals surface area contributed by atoms with Crippen LogP contribution in [0.5, 0.6) is 0 Å². The molecule has 2 aromatic carbocycles. The van der Waals surface area contributed by atoms with E-state index < -0.39 is 0 Å². The highest BCUT2D eigenvalue weighted by atomic mass is 16.2. The van der Waals surface area contributed by atoms with Crippen molar-refractivity contribution in [2.75, 3.05) is 26.2 Å². The number of nitrogens with zero attached hydrogens (tertiary/aromatic N) is 3. The van der Waals surface area contributed by atoms with Crippen molar-refractivity contribution in [2.24, 2.45) is 0 Å². The van der Waals surface area contributed by atoms with E-state index in [4.69, 9.17) is 0 Å². The number of piperazine rings is 1. The van der Waals surface area contributed by atoms with Crippen LogP contribution in [-0.2, 0) is 17.8 Å². The van der Waals surface area contributed by atoms with Gasteiger partial charge in [-0.15, -0.1) is 0 Å². The van der Waals surface area contributed by atoms with Gasteiger partial charge in [0.15, 0.2) is 0 Å². The van der Waals surface area contributed by atoms with Crippen molar-refractivity contribution in [1.82, 2.24) is 19.8 Å². The third kappa shape index (κ3) is 5.05. The third-order valence-electron chi connectivity index (χ3n) is 6.77. The molecule has 4 aromatic rings. The van der Waals surface area contributed by atoms with Gasteiger partial charge in [0.1, 0.15) is 0 Å². The Kier molecular flexibility index (Phi) is 6.72. The van der Waals surface area contributed by atoms with Gasteiger partial charge >= 0.3 is 0 Å². The van der Waals surface area contributed by atoms with E-state index in [1.54, 1.807) is 0 Å². The lowest BCUT2D eigenvalue weighted by atomic mass is 10.0. The molecule has 5 nitrogen and oxygen atoms in total. The average Bonchev–Trinajstić information content (AvgIpc) is 3.23. The highest BCUT2D eigenvalue weighted by Crippen LogP contribution is 2.31.